The van der Waals surface area contributed by atoms with Gasteiger partial charge in [-0.15, -0.1) is 0 Å². The molecule has 0 amide bonds. The van der Waals surface area contributed by atoms with Gasteiger partial charge in [-0.25, -0.2) is 44.9 Å². The third-order valence-corrected chi connectivity index (χ3v) is 24.8. The Bertz CT molecular complexity index is 9230. The molecule has 6 aromatic heterocycles. The van der Waals surface area contributed by atoms with Crippen molar-refractivity contribution in [1.29, 1.82) is 0 Å². The molecule has 0 atom stereocenters. The van der Waals surface area contributed by atoms with Crippen LogP contribution in [0.3, 0.4) is 0 Å². The van der Waals surface area contributed by atoms with Crippen LogP contribution in [0.1, 0.15) is 0 Å². The molecule has 21 aromatic carbocycles. The average Bonchev–Trinajstić information content (AvgIpc) is 1.70. The minimum atomic E-state index is 0.633. The molecule has 0 aliphatic carbocycles. The van der Waals surface area contributed by atoms with Crippen LogP contribution < -0.4 is 0 Å². The smallest absolute Gasteiger partial charge is 0.164 e. The molecule has 0 aliphatic rings. The second-order valence-corrected chi connectivity index (χ2v) is 32.6. The van der Waals surface area contributed by atoms with Crippen LogP contribution in [0.2, 0.25) is 0 Å². The van der Waals surface area contributed by atoms with Crippen molar-refractivity contribution in [1.82, 2.24) is 44.9 Å². The van der Waals surface area contributed by atoms with Crippen LogP contribution in [0.25, 0.3) is 265 Å². The van der Waals surface area contributed by atoms with Gasteiger partial charge in [0.2, 0.25) is 0 Å². The molecule has 0 saturated heterocycles. The third kappa shape index (κ3) is 13.3. The van der Waals surface area contributed by atoms with Gasteiger partial charge in [-0.1, -0.05) is 340 Å². The van der Waals surface area contributed by atoms with E-state index in [2.05, 4.69) is 273 Å². The molecule has 27 rings (SSSR count). The van der Waals surface area contributed by atoms with Crippen molar-refractivity contribution in [2.24, 2.45) is 0 Å². The molecule has 0 saturated carbocycles. The van der Waals surface area contributed by atoms with Gasteiger partial charge in [0, 0.05) is 82.4 Å². The van der Waals surface area contributed by atoms with Gasteiger partial charge < -0.3 is 13.3 Å². The van der Waals surface area contributed by atoms with E-state index in [0.717, 1.165) is 170 Å². The third-order valence-electron chi connectivity index (χ3n) is 24.8. The summed E-state index contributed by atoms with van der Waals surface area (Å²) in [6.07, 6.45) is 0. The molecule has 0 fully saturated rings. The van der Waals surface area contributed by atoms with Crippen molar-refractivity contribution in [2.45, 2.75) is 0 Å². The highest BCUT2D eigenvalue weighted by Crippen LogP contribution is 2.43. The van der Waals surface area contributed by atoms with Crippen LogP contribution in [0.4, 0.5) is 0 Å². The Morgan fingerprint density at radius 3 is 0.922 bits per heavy atom. The number of rotatable bonds is 9. The minimum Gasteiger partial charge on any atom is -0.456 e. The molecule has 0 spiro atoms. The molecule has 12 heteroatoms. The summed E-state index contributed by atoms with van der Waals surface area (Å²) >= 11 is 0. The van der Waals surface area contributed by atoms with E-state index in [1.165, 1.54) is 43.1 Å². The van der Waals surface area contributed by atoms with Crippen LogP contribution in [0.15, 0.2) is 432 Å². The zero-order valence-corrected chi connectivity index (χ0v) is 69.1. The number of hydrogen-bond acceptors (Lipinski definition) is 12. The van der Waals surface area contributed by atoms with Crippen molar-refractivity contribution in [3.63, 3.8) is 0 Å². The molecular formula is C117H69N9O3. The predicted octanol–water partition coefficient (Wildman–Crippen LogP) is 30.7. The molecule has 0 aliphatic heterocycles. The monoisotopic (exact) mass is 1650 g/mol. The maximum Gasteiger partial charge on any atom is 0.164 e. The van der Waals surface area contributed by atoms with Crippen LogP contribution in [0, 0.1) is 0 Å². The number of furan rings is 3. The van der Waals surface area contributed by atoms with Gasteiger partial charge in [0.1, 0.15) is 33.5 Å². The highest BCUT2D eigenvalue weighted by Gasteiger charge is 2.23. The fourth-order valence-corrected chi connectivity index (χ4v) is 18.6. The van der Waals surface area contributed by atoms with E-state index in [1.807, 2.05) is 146 Å². The number of benzene rings is 21. The molecule has 0 unspecified atom stereocenters. The van der Waals surface area contributed by atoms with Crippen molar-refractivity contribution in [2.75, 3.05) is 0 Å². The fraction of sp³-hybridized carbons (Fsp3) is 0. The Hall–Kier alpha value is -17.6. The Balaban J connectivity index is 0.000000105. The standard InChI is InChI=1S/3C39H23N3O/c1-2-10-24(11-3-1)37-40-38(27-19-18-25-23-36-33(22-28(25)20-27)32-16-8-9-17-35(32)43-36)42-39(41-37)34-21-26-12-4-5-13-29(26)30-14-6-7-15-31(30)34;1-2-10-25(11-3-1)37-40-38(28-19-20-30-27(21-28)18-17-24-9-4-5-13-29(24)30)42-39(41-37)32-15-8-12-26-22-36-34(23-33(26)32)31-14-6-7-16-35(31)43-36;1-2-10-25(11-3-1)37-40-38(27-18-17-26-22-34-32-13-6-7-16-35(32)43-36(34)23-28(26)21-27)42-39(41-37)33-15-8-14-30-29-12-5-4-9-24(29)19-20-31(30)33/h3*1-23H. The molecule has 600 valence electrons. The molecule has 12 nitrogen and oxygen atoms in total. The lowest BCUT2D eigenvalue weighted by molar-refractivity contribution is 0.669. The van der Waals surface area contributed by atoms with Gasteiger partial charge in [-0.05, 0) is 176 Å². The summed E-state index contributed by atoms with van der Waals surface area (Å²) in [4.78, 5) is 45.4. The van der Waals surface area contributed by atoms with Gasteiger partial charge in [0.05, 0.1) is 0 Å². The van der Waals surface area contributed by atoms with E-state index in [0.29, 0.717) is 52.4 Å². The first-order chi connectivity index (χ1) is 63.8. The van der Waals surface area contributed by atoms with Crippen LogP contribution in [-0.4, -0.2) is 44.9 Å². The van der Waals surface area contributed by atoms with Crippen molar-refractivity contribution >= 4 is 163 Å². The average molecular weight is 1650 g/mol. The first kappa shape index (κ1) is 74.1. The molecular weight excluding hydrogens is 1580 g/mol. The second-order valence-electron chi connectivity index (χ2n) is 32.6. The van der Waals surface area contributed by atoms with Crippen LogP contribution >= 0.6 is 0 Å². The topological polar surface area (TPSA) is 155 Å². The normalized spacial score (nSPS) is 11.7. The van der Waals surface area contributed by atoms with Gasteiger partial charge in [-0.3, -0.25) is 0 Å². The summed E-state index contributed by atoms with van der Waals surface area (Å²) in [5.74, 6) is 5.80. The van der Waals surface area contributed by atoms with Crippen LogP contribution in [0.5, 0.6) is 0 Å². The van der Waals surface area contributed by atoms with Crippen molar-refractivity contribution in [3.05, 3.63) is 419 Å². The summed E-state index contributed by atoms with van der Waals surface area (Å²) in [5, 5.41) is 27.4. The van der Waals surface area contributed by atoms with E-state index in [4.69, 9.17) is 58.1 Å². The van der Waals surface area contributed by atoms with E-state index in [9.17, 15) is 0 Å². The lowest BCUT2D eigenvalue weighted by Crippen LogP contribution is -2.00. The highest BCUT2D eigenvalue weighted by atomic mass is 16.3. The fourth-order valence-electron chi connectivity index (χ4n) is 18.6. The second kappa shape index (κ2) is 30.7. The molecule has 0 N–H and O–H groups in total. The van der Waals surface area contributed by atoms with E-state index in [-0.39, 0.29) is 0 Å². The largest absolute Gasteiger partial charge is 0.456 e. The van der Waals surface area contributed by atoms with Crippen molar-refractivity contribution in [3.8, 4) is 102 Å². The van der Waals surface area contributed by atoms with Crippen LogP contribution in [-0.2, 0) is 0 Å². The number of nitrogens with zero attached hydrogens (tertiary/aromatic N) is 9. The zero-order valence-electron chi connectivity index (χ0n) is 69.1. The molecule has 6 heterocycles. The Labute approximate surface area is 737 Å². The van der Waals surface area contributed by atoms with Gasteiger partial charge in [0.25, 0.3) is 0 Å². The lowest BCUT2D eigenvalue weighted by Gasteiger charge is -2.12. The summed E-state index contributed by atoms with van der Waals surface area (Å²) in [6.45, 7) is 0. The van der Waals surface area contributed by atoms with Gasteiger partial charge in [-0.2, -0.15) is 0 Å². The minimum absolute atomic E-state index is 0.633. The molecule has 0 bridgehead atoms. The maximum atomic E-state index is 6.19. The Morgan fingerprint density at radius 1 is 0.116 bits per heavy atom. The molecule has 0 radical (unpaired) electrons. The number of hydrogen-bond donors (Lipinski definition) is 0. The SMILES string of the molecule is c1ccc(-c2nc(-c3ccc4c(ccc5ccccc54)c3)nc(-c3cccc4cc5oc6ccccc6c5cc34)n2)cc1.c1ccc(-c2nc(-c3ccc4cc5c(cc4c3)oc3ccccc35)nc(-c3cccc4c3ccc3ccccc34)n2)cc1.c1ccc(-c2nc(-c3ccc4cc5oc6ccccc6c5cc4c3)nc(-c3cc4ccccc4c4ccccc34)n2)cc1. The molecule has 27 aromatic rings. The first-order valence-electron chi connectivity index (χ1n) is 43.1. The lowest BCUT2D eigenvalue weighted by atomic mass is 9.97. The summed E-state index contributed by atoms with van der Waals surface area (Å²) in [5.41, 5.74) is 13.9. The van der Waals surface area contributed by atoms with E-state index < -0.39 is 0 Å². The summed E-state index contributed by atoms with van der Waals surface area (Å²) < 4.78 is 18.5. The van der Waals surface area contributed by atoms with Crippen molar-refractivity contribution < 1.29 is 13.3 Å². The quantitative estimate of drug-likeness (QED) is 0.126. The molecule has 129 heavy (non-hydrogen) atoms. The number of para-hydroxylation sites is 3. The summed E-state index contributed by atoms with van der Waals surface area (Å²) in [7, 11) is 0. The number of aromatic nitrogens is 9. The zero-order chi connectivity index (χ0) is 85.0. The van der Waals surface area contributed by atoms with Gasteiger partial charge >= 0.3 is 0 Å². The maximum absolute atomic E-state index is 6.19. The summed E-state index contributed by atoms with van der Waals surface area (Å²) in [6, 6.07) is 144. The Kier molecular flexibility index (Phi) is 17.6. The number of fused-ring (bicyclic) bond motifs is 21. The first-order valence-corrected chi connectivity index (χ1v) is 43.1. The Morgan fingerprint density at radius 2 is 0.395 bits per heavy atom. The highest BCUT2D eigenvalue weighted by molar-refractivity contribution is 6.17. The van der Waals surface area contributed by atoms with E-state index in [1.54, 1.807) is 0 Å². The predicted molar refractivity (Wildman–Crippen MR) is 528 cm³/mol. The van der Waals surface area contributed by atoms with E-state index >= 15 is 0 Å². The van der Waals surface area contributed by atoms with Gasteiger partial charge in [0.15, 0.2) is 52.4 Å².